The zero-order valence-electron chi connectivity index (χ0n) is 16.3. The number of nitrogens with zero attached hydrogens (tertiary/aromatic N) is 3. The molecule has 0 fully saturated rings. The number of alkyl halides is 3. The minimum absolute atomic E-state index is 0.110. The molecule has 8 nitrogen and oxygen atoms in total. The maximum atomic E-state index is 13.8. The molecule has 3 aromatic rings. The minimum atomic E-state index is -4.90. The molecular weight excluding hydrogens is 457 g/mol. The molecule has 0 amide bonds. The van der Waals surface area contributed by atoms with Crippen LogP contribution in [-0.4, -0.2) is 41.1 Å². The van der Waals surface area contributed by atoms with Crippen molar-refractivity contribution in [1.82, 2.24) is 15.0 Å². The smallest absolute Gasteiger partial charge is 0.430 e. The highest BCUT2D eigenvalue weighted by Gasteiger charge is 2.45. The van der Waals surface area contributed by atoms with Crippen LogP contribution in [0.25, 0.3) is 11.0 Å². The van der Waals surface area contributed by atoms with E-state index in [-0.39, 0.29) is 33.1 Å². The van der Waals surface area contributed by atoms with Gasteiger partial charge in [-0.25, -0.2) is 23.4 Å². The van der Waals surface area contributed by atoms with Gasteiger partial charge in [-0.3, -0.25) is 9.52 Å². The van der Waals surface area contributed by atoms with Gasteiger partial charge in [0.25, 0.3) is 5.88 Å². The fourth-order valence-corrected chi connectivity index (χ4v) is 4.50. The SMILES string of the molecule is CCCS(=O)(=O)Nc1nc2ccccc2nc1O[C@H](c1cnc(C(C)=O)s1)C(F)(F)F. The highest BCUT2D eigenvalue weighted by molar-refractivity contribution is 7.92. The van der Waals surface area contributed by atoms with Crippen molar-refractivity contribution in [3.8, 4) is 5.88 Å². The second-order valence-electron chi connectivity index (χ2n) is 6.45. The molecule has 0 saturated carbocycles. The number of fused-ring (bicyclic) bond motifs is 1. The van der Waals surface area contributed by atoms with Crippen LogP contribution in [0, 0.1) is 0 Å². The summed E-state index contributed by atoms with van der Waals surface area (Å²) in [6, 6.07) is 6.27. The number of anilines is 1. The molecule has 0 aliphatic heterocycles. The average molecular weight is 474 g/mol. The van der Waals surface area contributed by atoms with E-state index < -0.39 is 39.8 Å². The summed E-state index contributed by atoms with van der Waals surface area (Å²) in [6.45, 7) is 2.82. The molecule has 3 rings (SSSR count). The first-order valence-electron chi connectivity index (χ1n) is 8.97. The Kier molecular flexibility index (Phi) is 6.46. The number of Topliss-reactive ketones (excluding diaryl/α,β-unsaturated/α-hetero) is 1. The van der Waals surface area contributed by atoms with E-state index in [1.807, 2.05) is 0 Å². The maximum absolute atomic E-state index is 13.8. The molecule has 1 aromatic carbocycles. The Bertz CT molecular complexity index is 1210. The number of hydrogen-bond donors (Lipinski definition) is 1. The molecule has 0 bridgehead atoms. The lowest BCUT2D eigenvalue weighted by Crippen LogP contribution is -2.27. The van der Waals surface area contributed by atoms with Gasteiger partial charge in [0.2, 0.25) is 21.9 Å². The second kappa shape index (κ2) is 8.75. The third-order valence-electron chi connectivity index (χ3n) is 3.87. The van der Waals surface area contributed by atoms with Crippen molar-refractivity contribution >= 4 is 44.0 Å². The molecule has 2 aromatic heterocycles. The zero-order chi connectivity index (χ0) is 22.8. The van der Waals surface area contributed by atoms with Crippen LogP contribution in [0.15, 0.2) is 30.5 Å². The van der Waals surface area contributed by atoms with Crippen molar-refractivity contribution in [2.75, 3.05) is 10.5 Å². The van der Waals surface area contributed by atoms with E-state index in [4.69, 9.17) is 4.74 Å². The first kappa shape index (κ1) is 22.9. The van der Waals surface area contributed by atoms with E-state index in [9.17, 15) is 26.4 Å². The number of hydrogen-bond acceptors (Lipinski definition) is 8. The molecule has 0 aliphatic rings. The normalized spacial score (nSPS) is 13.2. The van der Waals surface area contributed by atoms with E-state index in [2.05, 4.69) is 19.7 Å². The molecule has 166 valence electrons. The monoisotopic (exact) mass is 474 g/mol. The molecular formula is C18H17F3N4O4S2. The topological polar surface area (TPSA) is 111 Å². The number of halogens is 3. The number of ketones is 1. The van der Waals surface area contributed by atoms with Gasteiger partial charge in [-0.05, 0) is 18.6 Å². The van der Waals surface area contributed by atoms with E-state index >= 15 is 0 Å². The number of ether oxygens (including phenoxy) is 1. The Labute approximate surface area is 179 Å². The van der Waals surface area contributed by atoms with Gasteiger partial charge in [-0.2, -0.15) is 13.2 Å². The summed E-state index contributed by atoms with van der Waals surface area (Å²) < 4.78 is 73.1. The quantitative estimate of drug-likeness (QED) is 0.489. The van der Waals surface area contributed by atoms with E-state index in [0.717, 1.165) is 6.20 Å². The van der Waals surface area contributed by atoms with Crippen LogP contribution >= 0.6 is 11.3 Å². The lowest BCUT2D eigenvalue weighted by Gasteiger charge is -2.21. The van der Waals surface area contributed by atoms with E-state index in [0.29, 0.717) is 11.3 Å². The maximum Gasteiger partial charge on any atom is 0.430 e. The lowest BCUT2D eigenvalue weighted by atomic mass is 10.3. The van der Waals surface area contributed by atoms with E-state index in [1.165, 1.54) is 19.1 Å². The van der Waals surface area contributed by atoms with Crippen LogP contribution < -0.4 is 9.46 Å². The van der Waals surface area contributed by atoms with Gasteiger partial charge in [0.05, 0.1) is 21.7 Å². The standard InChI is InChI=1S/C18H17F3N4O4S2/c1-3-8-31(27,28)25-15-16(24-12-7-5-4-6-11(12)23-15)29-14(18(19,20)21)13-9-22-17(30-13)10(2)26/h4-7,9,14H,3,8H2,1-2H3,(H,23,25)/t14-/m1/s1. The number of sulfonamides is 1. The number of carbonyl (C=O) groups is 1. The van der Waals surface area contributed by atoms with Crippen LogP contribution in [-0.2, 0) is 10.0 Å². The van der Waals surface area contributed by atoms with Gasteiger partial charge >= 0.3 is 6.18 Å². The number of benzene rings is 1. The number of aromatic nitrogens is 3. The summed E-state index contributed by atoms with van der Waals surface area (Å²) in [4.78, 5) is 22.9. The Balaban J connectivity index is 2.09. The number of rotatable bonds is 8. The predicted molar refractivity (Wildman–Crippen MR) is 109 cm³/mol. The Morgan fingerprint density at radius 3 is 2.42 bits per heavy atom. The Morgan fingerprint density at radius 1 is 1.23 bits per heavy atom. The molecule has 31 heavy (non-hydrogen) atoms. The minimum Gasteiger partial charge on any atom is -0.456 e. The van der Waals surface area contributed by atoms with Crippen LogP contribution in [0.3, 0.4) is 0 Å². The van der Waals surface area contributed by atoms with Gasteiger partial charge in [0.1, 0.15) is 0 Å². The predicted octanol–water partition coefficient (Wildman–Crippen LogP) is 4.12. The number of carbonyl (C=O) groups excluding carboxylic acids is 1. The second-order valence-corrected chi connectivity index (χ2v) is 9.35. The van der Waals surface area contributed by atoms with Crippen molar-refractivity contribution in [3.63, 3.8) is 0 Å². The number of thiazole rings is 1. The molecule has 1 N–H and O–H groups in total. The Hall–Kier alpha value is -2.80. The first-order chi connectivity index (χ1) is 14.5. The third kappa shape index (κ3) is 5.47. The van der Waals surface area contributed by atoms with Gasteiger partial charge in [0.15, 0.2) is 10.8 Å². The summed E-state index contributed by atoms with van der Waals surface area (Å²) in [5.41, 5.74) is 0.481. The third-order valence-corrected chi connectivity index (χ3v) is 6.46. The molecule has 0 aliphatic carbocycles. The fourth-order valence-electron chi connectivity index (χ4n) is 2.57. The van der Waals surface area contributed by atoms with Crippen molar-refractivity contribution in [2.24, 2.45) is 0 Å². The van der Waals surface area contributed by atoms with Crippen molar-refractivity contribution in [3.05, 3.63) is 40.3 Å². The van der Waals surface area contributed by atoms with Crippen molar-refractivity contribution in [1.29, 1.82) is 0 Å². The van der Waals surface area contributed by atoms with Crippen LogP contribution in [0.2, 0.25) is 0 Å². The largest absolute Gasteiger partial charge is 0.456 e. The molecule has 1 atom stereocenters. The summed E-state index contributed by atoms with van der Waals surface area (Å²) in [5, 5.41) is -0.110. The van der Waals surface area contributed by atoms with Gasteiger partial charge < -0.3 is 4.74 Å². The number of para-hydroxylation sites is 2. The molecule has 0 unspecified atom stereocenters. The first-order valence-corrected chi connectivity index (χ1v) is 11.4. The van der Waals surface area contributed by atoms with Crippen LogP contribution in [0.5, 0.6) is 5.88 Å². The highest BCUT2D eigenvalue weighted by atomic mass is 32.2. The van der Waals surface area contributed by atoms with Crippen LogP contribution in [0.1, 0.15) is 41.1 Å². The summed E-state index contributed by atoms with van der Waals surface area (Å²) in [6.07, 6.45) is -6.24. The Morgan fingerprint density at radius 2 is 1.87 bits per heavy atom. The van der Waals surface area contributed by atoms with Gasteiger partial charge in [0, 0.05) is 13.1 Å². The summed E-state index contributed by atoms with van der Waals surface area (Å²) >= 11 is 0.533. The average Bonchev–Trinajstić information content (AvgIpc) is 3.14. The van der Waals surface area contributed by atoms with Gasteiger partial charge in [-0.15, -0.1) is 11.3 Å². The molecule has 13 heteroatoms. The van der Waals surface area contributed by atoms with Crippen LogP contribution in [0.4, 0.5) is 19.0 Å². The summed E-state index contributed by atoms with van der Waals surface area (Å²) in [7, 11) is -3.89. The molecule has 0 saturated heterocycles. The van der Waals surface area contributed by atoms with E-state index in [1.54, 1.807) is 19.1 Å². The van der Waals surface area contributed by atoms with Crippen molar-refractivity contribution in [2.45, 2.75) is 32.5 Å². The van der Waals surface area contributed by atoms with Gasteiger partial charge in [-0.1, -0.05) is 19.1 Å². The highest BCUT2D eigenvalue weighted by Crippen LogP contribution is 2.40. The molecule has 0 spiro atoms. The summed E-state index contributed by atoms with van der Waals surface area (Å²) in [5.74, 6) is -1.85. The molecule has 0 radical (unpaired) electrons. The lowest BCUT2D eigenvalue weighted by molar-refractivity contribution is -0.197. The fraction of sp³-hybridized carbons (Fsp3) is 0.333. The molecule has 2 heterocycles. The number of nitrogens with one attached hydrogen (secondary N) is 1. The van der Waals surface area contributed by atoms with Crippen molar-refractivity contribution < 1.29 is 31.1 Å². The zero-order valence-corrected chi connectivity index (χ0v) is 17.9.